The molecule has 0 saturated heterocycles. The van der Waals surface area contributed by atoms with E-state index in [1.165, 1.54) is 0 Å². The monoisotopic (exact) mass is 144 g/mol. The van der Waals surface area contributed by atoms with E-state index in [4.69, 9.17) is 4.74 Å². The lowest BCUT2D eigenvalue weighted by atomic mass is 10.1. The van der Waals surface area contributed by atoms with Gasteiger partial charge in [-0.2, -0.15) is 0 Å². The van der Waals surface area contributed by atoms with Crippen LogP contribution in [-0.4, -0.2) is 12.2 Å². The zero-order valence-electron chi connectivity index (χ0n) is 7.85. The predicted octanol–water partition coefficient (Wildman–Crippen LogP) is 2.85. The molecule has 1 atom stereocenters. The fourth-order valence-corrected chi connectivity index (χ4v) is 1.18. The van der Waals surface area contributed by atoms with Gasteiger partial charge in [0.1, 0.15) is 0 Å². The van der Waals surface area contributed by atoms with Gasteiger partial charge >= 0.3 is 0 Å². The van der Waals surface area contributed by atoms with Gasteiger partial charge in [-0.1, -0.05) is 13.8 Å². The second kappa shape index (κ2) is 4.73. The largest absolute Gasteiger partial charge is 0.376 e. The molecule has 0 aliphatic heterocycles. The van der Waals surface area contributed by atoms with Crippen LogP contribution in [0.3, 0.4) is 0 Å². The summed E-state index contributed by atoms with van der Waals surface area (Å²) in [4.78, 5) is 0. The lowest BCUT2D eigenvalue weighted by Crippen LogP contribution is -2.15. The molecule has 0 aliphatic rings. The minimum Gasteiger partial charge on any atom is -0.376 e. The first-order valence-electron chi connectivity index (χ1n) is 4.17. The standard InChI is InChI=1S/C9H20O/c1-7(2)6-9(5)10-8(3)4/h7-9H,6H2,1-5H3. The molecule has 1 unspecified atom stereocenters. The van der Waals surface area contributed by atoms with Gasteiger partial charge in [0.05, 0.1) is 12.2 Å². The molecule has 0 bridgehead atoms. The van der Waals surface area contributed by atoms with Crippen LogP contribution in [0, 0.1) is 5.92 Å². The van der Waals surface area contributed by atoms with Crippen molar-refractivity contribution in [2.75, 3.05) is 0 Å². The lowest BCUT2D eigenvalue weighted by molar-refractivity contribution is 0.00802. The Kier molecular flexibility index (Phi) is 4.71. The van der Waals surface area contributed by atoms with E-state index in [1.54, 1.807) is 0 Å². The highest BCUT2D eigenvalue weighted by atomic mass is 16.5. The van der Waals surface area contributed by atoms with Crippen LogP contribution in [0.2, 0.25) is 0 Å². The normalized spacial score (nSPS) is 14.7. The molecule has 0 saturated carbocycles. The highest BCUT2D eigenvalue weighted by Gasteiger charge is 2.05. The van der Waals surface area contributed by atoms with Crippen LogP contribution in [0.15, 0.2) is 0 Å². The SMILES string of the molecule is CC(C)CC(C)OC(C)C. The minimum absolute atomic E-state index is 0.369. The van der Waals surface area contributed by atoms with Crippen molar-refractivity contribution >= 4 is 0 Å². The third-order valence-electron chi connectivity index (χ3n) is 1.31. The topological polar surface area (TPSA) is 9.23 Å². The van der Waals surface area contributed by atoms with Crippen molar-refractivity contribution in [3.05, 3.63) is 0 Å². The highest BCUT2D eigenvalue weighted by Crippen LogP contribution is 2.08. The molecule has 1 heteroatoms. The van der Waals surface area contributed by atoms with E-state index in [2.05, 4.69) is 34.6 Å². The maximum absolute atomic E-state index is 5.56. The van der Waals surface area contributed by atoms with Crippen LogP contribution >= 0.6 is 0 Å². The molecule has 10 heavy (non-hydrogen) atoms. The van der Waals surface area contributed by atoms with Crippen LogP contribution in [0.1, 0.15) is 41.0 Å². The Bertz CT molecular complexity index is 66.8. The van der Waals surface area contributed by atoms with Crippen molar-refractivity contribution in [2.24, 2.45) is 5.92 Å². The van der Waals surface area contributed by atoms with Gasteiger partial charge in [0.15, 0.2) is 0 Å². The summed E-state index contributed by atoms with van der Waals surface area (Å²) in [5, 5.41) is 0. The molecule has 0 aromatic rings. The van der Waals surface area contributed by atoms with Gasteiger partial charge < -0.3 is 4.74 Å². The lowest BCUT2D eigenvalue weighted by Gasteiger charge is -2.17. The summed E-state index contributed by atoms with van der Waals surface area (Å²) >= 11 is 0. The van der Waals surface area contributed by atoms with Crippen molar-refractivity contribution in [3.63, 3.8) is 0 Å². The molecule has 0 aliphatic carbocycles. The third kappa shape index (κ3) is 6.09. The minimum atomic E-state index is 0.369. The molecule has 0 rings (SSSR count). The second-order valence-corrected chi connectivity index (χ2v) is 3.63. The van der Waals surface area contributed by atoms with E-state index < -0.39 is 0 Å². The highest BCUT2D eigenvalue weighted by molar-refractivity contribution is 4.54. The number of hydrogen-bond acceptors (Lipinski definition) is 1. The van der Waals surface area contributed by atoms with Crippen molar-refractivity contribution in [1.82, 2.24) is 0 Å². The van der Waals surface area contributed by atoms with E-state index in [9.17, 15) is 0 Å². The van der Waals surface area contributed by atoms with Crippen LogP contribution in [0.4, 0.5) is 0 Å². The molecular formula is C9H20O. The van der Waals surface area contributed by atoms with Crippen LogP contribution in [0.5, 0.6) is 0 Å². The zero-order chi connectivity index (χ0) is 8.15. The van der Waals surface area contributed by atoms with E-state index >= 15 is 0 Å². The summed E-state index contributed by atoms with van der Waals surface area (Å²) in [5.74, 6) is 0.744. The quantitative estimate of drug-likeness (QED) is 0.589. The Hall–Kier alpha value is -0.0400. The molecule has 0 aromatic heterocycles. The number of rotatable bonds is 4. The molecule has 0 radical (unpaired) electrons. The summed E-state index contributed by atoms with van der Waals surface area (Å²) in [6.07, 6.45) is 1.95. The van der Waals surface area contributed by atoms with Gasteiger partial charge in [0.25, 0.3) is 0 Å². The van der Waals surface area contributed by atoms with Gasteiger partial charge in [0.2, 0.25) is 0 Å². The van der Waals surface area contributed by atoms with E-state index in [1.807, 2.05) is 0 Å². The van der Waals surface area contributed by atoms with Crippen LogP contribution in [-0.2, 0) is 4.74 Å². The molecule has 0 fully saturated rings. The third-order valence-corrected chi connectivity index (χ3v) is 1.31. The fourth-order valence-electron chi connectivity index (χ4n) is 1.18. The molecule has 62 valence electrons. The van der Waals surface area contributed by atoms with E-state index in [0.29, 0.717) is 12.2 Å². The van der Waals surface area contributed by atoms with Gasteiger partial charge in [-0.25, -0.2) is 0 Å². The summed E-state index contributed by atoms with van der Waals surface area (Å²) in [5.41, 5.74) is 0. The average Bonchev–Trinajstić information content (AvgIpc) is 1.58. The Morgan fingerprint density at radius 3 is 1.80 bits per heavy atom. The summed E-state index contributed by atoms with van der Waals surface area (Å²) in [6, 6.07) is 0. The molecule has 0 aromatic carbocycles. The Labute approximate surface area is 64.8 Å². The maximum atomic E-state index is 5.56. The zero-order valence-corrected chi connectivity index (χ0v) is 7.85. The van der Waals surface area contributed by atoms with E-state index in [0.717, 1.165) is 12.3 Å². The summed E-state index contributed by atoms with van der Waals surface area (Å²) in [7, 11) is 0. The maximum Gasteiger partial charge on any atom is 0.0552 e. The summed E-state index contributed by atoms with van der Waals surface area (Å²) in [6.45, 7) is 10.7. The van der Waals surface area contributed by atoms with Gasteiger partial charge in [-0.05, 0) is 33.1 Å². The summed E-state index contributed by atoms with van der Waals surface area (Å²) < 4.78 is 5.56. The molecule has 0 amide bonds. The molecular weight excluding hydrogens is 124 g/mol. The Morgan fingerprint density at radius 2 is 1.50 bits per heavy atom. The van der Waals surface area contributed by atoms with Gasteiger partial charge in [-0.15, -0.1) is 0 Å². The van der Waals surface area contributed by atoms with Crippen LogP contribution < -0.4 is 0 Å². The van der Waals surface area contributed by atoms with Crippen LogP contribution in [0.25, 0.3) is 0 Å². The average molecular weight is 144 g/mol. The number of ether oxygens (including phenoxy) is 1. The number of hydrogen-bond donors (Lipinski definition) is 0. The molecule has 0 N–H and O–H groups in total. The molecule has 0 heterocycles. The molecule has 0 spiro atoms. The van der Waals surface area contributed by atoms with E-state index in [-0.39, 0.29) is 0 Å². The van der Waals surface area contributed by atoms with Gasteiger partial charge in [0, 0.05) is 0 Å². The van der Waals surface area contributed by atoms with Gasteiger partial charge in [-0.3, -0.25) is 0 Å². The first-order valence-corrected chi connectivity index (χ1v) is 4.17. The van der Waals surface area contributed by atoms with Crippen molar-refractivity contribution in [3.8, 4) is 0 Å². The predicted molar refractivity (Wildman–Crippen MR) is 45.1 cm³/mol. The smallest absolute Gasteiger partial charge is 0.0552 e. The first kappa shape index (κ1) is 9.96. The second-order valence-electron chi connectivity index (χ2n) is 3.63. The fraction of sp³-hybridized carbons (Fsp3) is 1.00. The van der Waals surface area contributed by atoms with Crippen molar-refractivity contribution in [1.29, 1.82) is 0 Å². The Balaban J connectivity index is 3.34. The first-order chi connectivity index (χ1) is 4.52. The Morgan fingerprint density at radius 1 is 1.00 bits per heavy atom. The molecule has 1 nitrogen and oxygen atoms in total. The van der Waals surface area contributed by atoms with Crippen molar-refractivity contribution < 1.29 is 4.74 Å². The van der Waals surface area contributed by atoms with Crippen molar-refractivity contribution in [2.45, 2.75) is 53.2 Å².